The summed E-state index contributed by atoms with van der Waals surface area (Å²) in [6, 6.07) is 9.72. The van der Waals surface area contributed by atoms with Crippen molar-refractivity contribution in [1.82, 2.24) is 14.8 Å². The fourth-order valence-electron chi connectivity index (χ4n) is 4.30. The number of carbonyl (C=O) groups is 1. The summed E-state index contributed by atoms with van der Waals surface area (Å²) in [7, 11) is 5.72. The molecule has 1 N–H and O–H groups in total. The molecular weight excluding hydrogens is 406 g/mol. The van der Waals surface area contributed by atoms with Crippen LogP contribution in [-0.4, -0.2) is 66.2 Å². The number of aromatic nitrogens is 3. The lowest BCUT2D eigenvalue weighted by atomic mass is 10.0. The second-order valence-electron chi connectivity index (χ2n) is 8.82. The molecular formula is C24H31N5O3. The largest absolute Gasteiger partial charge is 0.477 e. The van der Waals surface area contributed by atoms with E-state index < -0.39 is 5.97 Å². The Hall–Kier alpha value is -3.13. The van der Waals surface area contributed by atoms with Crippen LogP contribution in [0.15, 0.2) is 30.3 Å². The maximum absolute atomic E-state index is 12.0. The first-order valence-electron chi connectivity index (χ1n) is 11.0. The summed E-state index contributed by atoms with van der Waals surface area (Å²) in [5, 5.41) is 15.7. The molecule has 0 saturated carbocycles. The highest BCUT2D eigenvalue weighted by atomic mass is 16.5. The predicted octanol–water partition coefficient (Wildman–Crippen LogP) is 3.92. The van der Waals surface area contributed by atoms with Gasteiger partial charge in [-0.1, -0.05) is 19.9 Å². The Balaban J connectivity index is 1.95. The molecule has 1 saturated heterocycles. The number of hydrogen-bond acceptors (Lipinski definition) is 6. The van der Waals surface area contributed by atoms with Crippen molar-refractivity contribution in [3.05, 3.63) is 41.7 Å². The van der Waals surface area contributed by atoms with E-state index in [0.29, 0.717) is 5.65 Å². The maximum Gasteiger partial charge on any atom is 0.354 e. The standard InChI is InChI=1S/C24H31N5O3/c1-15(2)22-21-20(28-11-9-18(32-5)10-12-28)14-19(24(30)31)25-23(21)29(26-22)17-8-6-7-16(13-17)27(3)4/h6-8,13-15,18H,9-12H2,1-5H3,(H,30,31). The molecule has 170 valence electrons. The van der Waals surface area contributed by atoms with Gasteiger partial charge in [0.05, 0.1) is 28.6 Å². The number of aromatic carboxylic acids is 1. The highest BCUT2D eigenvalue weighted by molar-refractivity contribution is 5.98. The lowest BCUT2D eigenvalue weighted by molar-refractivity contribution is 0.0690. The molecule has 1 aliphatic rings. The zero-order valence-corrected chi connectivity index (χ0v) is 19.4. The third-order valence-corrected chi connectivity index (χ3v) is 6.12. The van der Waals surface area contributed by atoms with Gasteiger partial charge in [0.2, 0.25) is 0 Å². The number of rotatable bonds is 6. The Kier molecular flexibility index (Phi) is 6.06. The molecule has 0 aliphatic carbocycles. The van der Waals surface area contributed by atoms with Gasteiger partial charge in [0.25, 0.3) is 0 Å². The van der Waals surface area contributed by atoms with Crippen LogP contribution in [0.25, 0.3) is 16.7 Å². The number of fused-ring (bicyclic) bond motifs is 1. The van der Waals surface area contributed by atoms with E-state index in [0.717, 1.165) is 54.1 Å². The smallest absolute Gasteiger partial charge is 0.354 e. The molecule has 0 spiro atoms. The van der Waals surface area contributed by atoms with Gasteiger partial charge in [-0.3, -0.25) is 0 Å². The summed E-state index contributed by atoms with van der Waals surface area (Å²) in [5.41, 5.74) is 4.31. The number of piperidine rings is 1. The topological polar surface area (TPSA) is 83.7 Å². The Morgan fingerprint density at radius 3 is 2.53 bits per heavy atom. The van der Waals surface area contributed by atoms with Crippen LogP contribution in [-0.2, 0) is 4.74 Å². The van der Waals surface area contributed by atoms with Gasteiger partial charge in [-0.15, -0.1) is 0 Å². The molecule has 0 unspecified atom stereocenters. The number of pyridine rings is 1. The molecule has 1 aromatic carbocycles. The fraction of sp³-hybridized carbons (Fsp3) is 0.458. The molecule has 3 heterocycles. The molecule has 0 bridgehead atoms. The van der Waals surface area contributed by atoms with Crippen molar-refractivity contribution in [3.63, 3.8) is 0 Å². The van der Waals surface area contributed by atoms with Crippen LogP contribution in [0.3, 0.4) is 0 Å². The van der Waals surface area contributed by atoms with Gasteiger partial charge in [-0.2, -0.15) is 5.10 Å². The van der Waals surface area contributed by atoms with E-state index in [9.17, 15) is 9.90 Å². The number of carboxylic acids is 1. The van der Waals surface area contributed by atoms with E-state index in [-0.39, 0.29) is 17.7 Å². The quantitative estimate of drug-likeness (QED) is 0.626. The summed E-state index contributed by atoms with van der Waals surface area (Å²) in [6.07, 6.45) is 2.04. The SMILES string of the molecule is COC1CCN(c2cc(C(=O)O)nc3c2c(C(C)C)nn3-c2cccc(N(C)C)c2)CC1. The van der Waals surface area contributed by atoms with E-state index in [4.69, 9.17) is 9.84 Å². The molecule has 1 aliphatic heterocycles. The summed E-state index contributed by atoms with van der Waals surface area (Å²) >= 11 is 0. The fourth-order valence-corrected chi connectivity index (χ4v) is 4.30. The molecule has 8 nitrogen and oxygen atoms in total. The minimum Gasteiger partial charge on any atom is -0.477 e. The van der Waals surface area contributed by atoms with Crippen LogP contribution in [0, 0.1) is 0 Å². The first-order valence-corrected chi connectivity index (χ1v) is 11.0. The van der Waals surface area contributed by atoms with Gasteiger partial charge < -0.3 is 19.6 Å². The average molecular weight is 438 g/mol. The summed E-state index contributed by atoms with van der Waals surface area (Å²) in [4.78, 5) is 20.8. The summed E-state index contributed by atoms with van der Waals surface area (Å²) in [5.74, 6) is -0.885. The zero-order chi connectivity index (χ0) is 23.0. The monoisotopic (exact) mass is 437 g/mol. The van der Waals surface area contributed by atoms with Crippen LogP contribution >= 0.6 is 0 Å². The maximum atomic E-state index is 12.0. The van der Waals surface area contributed by atoms with Gasteiger partial charge in [0.15, 0.2) is 11.3 Å². The molecule has 3 aromatic rings. The Bertz CT molecular complexity index is 1130. The number of nitrogens with zero attached hydrogens (tertiary/aromatic N) is 5. The van der Waals surface area contributed by atoms with E-state index in [2.05, 4.69) is 23.7 Å². The third kappa shape index (κ3) is 4.02. The molecule has 0 radical (unpaired) electrons. The number of anilines is 2. The highest BCUT2D eigenvalue weighted by Gasteiger charge is 2.27. The van der Waals surface area contributed by atoms with Crippen molar-refractivity contribution in [2.75, 3.05) is 44.1 Å². The molecule has 4 rings (SSSR count). The molecule has 1 fully saturated rings. The number of carboxylic acid groups (broad SMARTS) is 1. The Morgan fingerprint density at radius 1 is 1.22 bits per heavy atom. The molecule has 2 aromatic heterocycles. The van der Waals surface area contributed by atoms with Crippen molar-refractivity contribution in [3.8, 4) is 5.69 Å². The van der Waals surface area contributed by atoms with Gasteiger partial charge in [0, 0.05) is 40.0 Å². The van der Waals surface area contributed by atoms with Crippen LogP contribution < -0.4 is 9.80 Å². The number of benzene rings is 1. The van der Waals surface area contributed by atoms with Crippen LogP contribution in [0.5, 0.6) is 0 Å². The highest BCUT2D eigenvalue weighted by Crippen LogP contribution is 2.36. The lowest BCUT2D eigenvalue weighted by Gasteiger charge is -2.33. The zero-order valence-electron chi connectivity index (χ0n) is 19.4. The van der Waals surface area contributed by atoms with Gasteiger partial charge in [-0.05, 0) is 43.0 Å². The lowest BCUT2D eigenvalue weighted by Crippen LogP contribution is -2.37. The van der Waals surface area contributed by atoms with Gasteiger partial charge >= 0.3 is 5.97 Å². The number of methoxy groups -OCH3 is 1. The van der Waals surface area contributed by atoms with Crippen LogP contribution in [0.4, 0.5) is 11.4 Å². The Labute approximate surface area is 188 Å². The summed E-state index contributed by atoms with van der Waals surface area (Å²) < 4.78 is 7.31. The van der Waals surface area contributed by atoms with Crippen molar-refractivity contribution < 1.29 is 14.6 Å². The first kappa shape index (κ1) is 22.1. The molecule has 0 amide bonds. The van der Waals surface area contributed by atoms with E-state index in [1.807, 2.05) is 43.3 Å². The van der Waals surface area contributed by atoms with Crippen LogP contribution in [0.2, 0.25) is 0 Å². The van der Waals surface area contributed by atoms with E-state index in [1.54, 1.807) is 17.9 Å². The first-order chi connectivity index (χ1) is 15.3. The second kappa shape index (κ2) is 8.78. The average Bonchev–Trinajstić information content (AvgIpc) is 3.18. The van der Waals surface area contributed by atoms with Gasteiger partial charge in [-0.25, -0.2) is 14.5 Å². The minimum absolute atomic E-state index is 0.0292. The number of hydrogen-bond donors (Lipinski definition) is 1. The van der Waals surface area contributed by atoms with Crippen molar-refractivity contribution in [2.45, 2.75) is 38.7 Å². The van der Waals surface area contributed by atoms with Crippen molar-refractivity contribution in [1.29, 1.82) is 0 Å². The molecule has 0 atom stereocenters. The molecule has 8 heteroatoms. The van der Waals surface area contributed by atoms with E-state index >= 15 is 0 Å². The van der Waals surface area contributed by atoms with Gasteiger partial charge in [0.1, 0.15) is 0 Å². The number of ether oxygens (including phenoxy) is 1. The normalized spacial score (nSPS) is 15.0. The predicted molar refractivity (Wildman–Crippen MR) is 126 cm³/mol. The van der Waals surface area contributed by atoms with Crippen LogP contribution in [0.1, 0.15) is 48.8 Å². The van der Waals surface area contributed by atoms with Crippen molar-refractivity contribution >= 4 is 28.4 Å². The third-order valence-electron chi connectivity index (χ3n) is 6.12. The van der Waals surface area contributed by atoms with Crippen molar-refractivity contribution in [2.24, 2.45) is 0 Å². The second-order valence-corrected chi connectivity index (χ2v) is 8.82. The Morgan fingerprint density at radius 2 is 1.94 bits per heavy atom. The van der Waals surface area contributed by atoms with E-state index in [1.165, 1.54) is 0 Å². The minimum atomic E-state index is -1.04. The molecule has 32 heavy (non-hydrogen) atoms. The summed E-state index contributed by atoms with van der Waals surface area (Å²) in [6.45, 7) is 5.81.